The van der Waals surface area contributed by atoms with Gasteiger partial charge < -0.3 is 0 Å². The van der Waals surface area contributed by atoms with Gasteiger partial charge in [-0.2, -0.15) is 0 Å². The van der Waals surface area contributed by atoms with Gasteiger partial charge in [-0.3, -0.25) is 4.98 Å². The largest absolute Gasteiger partial charge is 0.264 e. The van der Waals surface area contributed by atoms with Crippen LogP contribution in [0.3, 0.4) is 0 Å². The van der Waals surface area contributed by atoms with Crippen molar-refractivity contribution in [2.45, 2.75) is 18.8 Å². The molecule has 0 N–H and O–H groups in total. The van der Waals surface area contributed by atoms with Crippen molar-refractivity contribution in [3.8, 4) is 0 Å². The van der Waals surface area contributed by atoms with Gasteiger partial charge in [0.25, 0.3) is 0 Å². The summed E-state index contributed by atoms with van der Waals surface area (Å²) in [4.78, 5) is 14.6. The van der Waals surface area contributed by atoms with Gasteiger partial charge in [0.15, 0.2) is 0 Å². The molecule has 1 aliphatic rings. The summed E-state index contributed by atoms with van der Waals surface area (Å²) in [5.74, 6) is 2.22. The van der Waals surface area contributed by atoms with E-state index in [1.807, 2.05) is 30.7 Å². The quantitative estimate of drug-likeness (QED) is 0.606. The van der Waals surface area contributed by atoms with E-state index < -0.39 is 0 Å². The number of pyridine rings is 1. The highest BCUT2D eigenvalue weighted by molar-refractivity contribution is 5.61. The van der Waals surface area contributed by atoms with Gasteiger partial charge in [0.2, 0.25) is 0 Å². The van der Waals surface area contributed by atoms with Crippen molar-refractivity contribution in [2.75, 3.05) is 0 Å². The van der Waals surface area contributed by atoms with Crippen molar-refractivity contribution in [1.29, 1.82) is 0 Å². The fraction of sp³-hybridized carbons (Fsp3) is 0.273. The zero-order chi connectivity index (χ0) is 9.10. The molecule has 65 valence electrons. The first kappa shape index (κ1) is 8.21. The Hall–Kier alpha value is -1.40. The lowest BCUT2D eigenvalue weighted by molar-refractivity contribution is 0.566. The summed E-state index contributed by atoms with van der Waals surface area (Å²) in [6.07, 6.45) is 7.51. The van der Waals surface area contributed by atoms with Crippen LogP contribution in [-0.2, 0) is 4.79 Å². The molecule has 1 aromatic heterocycles. The molecule has 2 rings (SSSR count). The van der Waals surface area contributed by atoms with Crippen molar-refractivity contribution in [3.05, 3.63) is 42.1 Å². The van der Waals surface area contributed by atoms with Crippen LogP contribution in [0.5, 0.6) is 0 Å². The monoisotopic (exact) mass is 172 g/mol. The van der Waals surface area contributed by atoms with Crippen LogP contribution in [0.2, 0.25) is 0 Å². The van der Waals surface area contributed by atoms with Crippen molar-refractivity contribution >= 4 is 5.94 Å². The van der Waals surface area contributed by atoms with E-state index >= 15 is 0 Å². The molecule has 2 heteroatoms. The first-order valence-corrected chi connectivity index (χ1v) is 4.40. The first-order valence-electron chi connectivity index (χ1n) is 4.40. The van der Waals surface area contributed by atoms with Crippen molar-refractivity contribution < 1.29 is 4.79 Å². The number of hydrogen-bond donors (Lipinski definition) is 0. The Morgan fingerprint density at radius 3 is 3.15 bits per heavy atom. The van der Waals surface area contributed by atoms with Gasteiger partial charge in [0.1, 0.15) is 5.94 Å². The SMILES string of the molecule is O=C=C1[CH]CCC1c1cccnc1. The van der Waals surface area contributed by atoms with Crippen LogP contribution in [0, 0.1) is 6.42 Å². The Morgan fingerprint density at radius 2 is 2.46 bits per heavy atom. The predicted octanol–water partition coefficient (Wildman–Crippen LogP) is 1.92. The fourth-order valence-corrected chi connectivity index (χ4v) is 1.74. The van der Waals surface area contributed by atoms with Crippen LogP contribution in [0.1, 0.15) is 24.3 Å². The molecule has 1 atom stereocenters. The molecule has 0 bridgehead atoms. The van der Waals surface area contributed by atoms with E-state index in [1.165, 1.54) is 0 Å². The third-order valence-corrected chi connectivity index (χ3v) is 2.40. The Labute approximate surface area is 77.3 Å². The van der Waals surface area contributed by atoms with Gasteiger partial charge in [-0.25, -0.2) is 4.79 Å². The van der Waals surface area contributed by atoms with Crippen LogP contribution in [0.15, 0.2) is 30.1 Å². The third-order valence-electron chi connectivity index (χ3n) is 2.40. The molecule has 13 heavy (non-hydrogen) atoms. The molecule has 1 saturated carbocycles. The summed E-state index contributed by atoms with van der Waals surface area (Å²) in [5, 5.41) is 0. The van der Waals surface area contributed by atoms with Gasteiger partial charge in [-0.1, -0.05) is 6.07 Å². The molecule has 1 fully saturated rings. The molecule has 0 spiro atoms. The average molecular weight is 172 g/mol. The lowest BCUT2D eigenvalue weighted by Crippen LogP contribution is -1.96. The predicted molar refractivity (Wildman–Crippen MR) is 49.7 cm³/mol. The van der Waals surface area contributed by atoms with Gasteiger partial charge >= 0.3 is 0 Å². The van der Waals surface area contributed by atoms with E-state index in [1.54, 1.807) is 6.20 Å². The standard InChI is InChI=1S/C11H10NO/c13-8-10-3-1-5-11(10)9-4-2-6-12-7-9/h2-4,6-7,11H,1,5H2. The molecule has 1 aliphatic carbocycles. The minimum Gasteiger partial charge on any atom is -0.264 e. The minimum absolute atomic E-state index is 0.228. The number of allylic oxidation sites excluding steroid dienone is 1. The van der Waals surface area contributed by atoms with Gasteiger partial charge in [0, 0.05) is 23.9 Å². The summed E-state index contributed by atoms with van der Waals surface area (Å²) in [7, 11) is 0. The van der Waals surface area contributed by atoms with Crippen LogP contribution in [0.4, 0.5) is 0 Å². The number of carbonyl (C=O) groups excluding carboxylic acids is 1. The van der Waals surface area contributed by atoms with E-state index in [2.05, 4.69) is 4.98 Å². The summed E-state index contributed by atoms with van der Waals surface area (Å²) < 4.78 is 0. The Kier molecular flexibility index (Phi) is 2.24. The summed E-state index contributed by atoms with van der Waals surface area (Å²) in [5.41, 5.74) is 1.91. The van der Waals surface area contributed by atoms with E-state index in [-0.39, 0.29) is 5.92 Å². The maximum atomic E-state index is 10.6. The van der Waals surface area contributed by atoms with Gasteiger partial charge in [-0.15, -0.1) is 0 Å². The second kappa shape index (κ2) is 3.55. The number of rotatable bonds is 1. The molecule has 1 heterocycles. The molecule has 1 aromatic rings. The fourth-order valence-electron chi connectivity index (χ4n) is 1.74. The van der Waals surface area contributed by atoms with Crippen LogP contribution < -0.4 is 0 Å². The second-order valence-corrected chi connectivity index (χ2v) is 3.18. The van der Waals surface area contributed by atoms with Gasteiger partial charge in [-0.05, 0) is 30.9 Å². The van der Waals surface area contributed by atoms with E-state index in [9.17, 15) is 4.79 Å². The Balaban J connectivity index is 2.32. The highest BCUT2D eigenvalue weighted by Gasteiger charge is 2.23. The molecule has 0 saturated heterocycles. The average Bonchev–Trinajstić information content (AvgIpc) is 2.67. The lowest BCUT2D eigenvalue weighted by Gasteiger charge is -2.07. The first-order chi connectivity index (χ1) is 6.42. The van der Waals surface area contributed by atoms with Crippen LogP contribution >= 0.6 is 0 Å². The maximum Gasteiger partial charge on any atom is 0.124 e. The third kappa shape index (κ3) is 1.53. The van der Waals surface area contributed by atoms with Crippen LogP contribution in [0.25, 0.3) is 0 Å². The Bertz CT molecular complexity index is 338. The minimum atomic E-state index is 0.228. The van der Waals surface area contributed by atoms with Gasteiger partial charge in [0.05, 0.1) is 0 Å². The molecule has 2 nitrogen and oxygen atoms in total. The molecule has 0 aromatic carbocycles. The van der Waals surface area contributed by atoms with E-state index in [4.69, 9.17) is 0 Å². The Morgan fingerprint density at radius 1 is 1.54 bits per heavy atom. The highest BCUT2D eigenvalue weighted by atomic mass is 16.1. The topological polar surface area (TPSA) is 30.0 Å². The smallest absolute Gasteiger partial charge is 0.124 e. The van der Waals surface area contributed by atoms with Crippen molar-refractivity contribution in [2.24, 2.45) is 0 Å². The zero-order valence-corrected chi connectivity index (χ0v) is 7.23. The van der Waals surface area contributed by atoms with E-state index in [0.717, 1.165) is 24.0 Å². The lowest BCUT2D eigenvalue weighted by atomic mass is 9.96. The number of hydrogen-bond acceptors (Lipinski definition) is 2. The molecular weight excluding hydrogens is 162 g/mol. The molecule has 1 radical (unpaired) electrons. The second-order valence-electron chi connectivity index (χ2n) is 3.18. The van der Waals surface area contributed by atoms with Crippen molar-refractivity contribution in [3.63, 3.8) is 0 Å². The maximum absolute atomic E-state index is 10.6. The molecule has 1 unspecified atom stereocenters. The number of aromatic nitrogens is 1. The van der Waals surface area contributed by atoms with Crippen LogP contribution in [-0.4, -0.2) is 10.9 Å². The molecule has 0 amide bonds. The highest BCUT2D eigenvalue weighted by Crippen LogP contribution is 2.36. The summed E-state index contributed by atoms with van der Waals surface area (Å²) >= 11 is 0. The van der Waals surface area contributed by atoms with Crippen molar-refractivity contribution in [1.82, 2.24) is 4.98 Å². The van der Waals surface area contributed by atoms with E-state index in [0.29, 0.717) is 0 Å². The summed E-state index contributed by atoms with van der Waals surface area (Å²) in [6.45, 7) is 0. The zero-order valence-electron chi connectivity index (χ0n) is 7.23. The number of nitrogens with zero attached hydrogens (tertiary/aromatic N) is 1. The normalized spacial score (nSPS) is 21.5. The molecular formula is C11H10NO. The summed E-state index contributed by atoms with van der Waals surface area (Å²) in [6, 6.07) is 3.91. The molecule has 0 aliphatic heterocycles.